The lowest BCUT2D eigenvalue weighted by Gasteiger charge is -2.10. The first-order valence-electron chi connectivity index (χ1n) is 3.69. The molecule has 0 bridgehead atoms. The highest BCUT2D eigenvalue weighted by Gasteiger charge is 2.31. The first kappa shape index (κ1) is 13.9. The van der Waals surface area contributed by atoms with Crippen LogP contribution in [0, 0.1) is 0 Å². The van der Waals surface area contributed by atoms with Crippen molar-refractivity contribution in [1.82, 2.24) is 0 Å². The van der Waals surface area contributed by atoms with Gasteiger partial charge < -0.3 is 15.6 Å². The van der Waals surface area contributed by atoms with Crippen molar-refractivity contribution < 1.29 is 23.0 Å². The maximum absolute atomic E-state index is 11.8. The Bertz CT molecular complexity index is 330. The van der Waals surface area contributed by atoms with Crippen LogP contribution < -0.4 is 10.5 Å². The quantitative estimate of drug-likeness (QED) is 0.837. The summed E-state index contributed by atoms with van der Waals surface area (Å²) < 4.78 is 38.9. The van der Waals surface area contributed by atoms with E-state index in [9.17, 15) is 13.2 Å². The zero-order valence-electron chi connectivity index (χ0n) is 7.41. The van der Waals surface area contributed by atoms with Gasteiger partial charge in [0, 0.05) is 12.6 Å². The van der Waals surface area contributed by atoms with Crippen LogP contribution in [0.5, 0.6) is 11.5 Å². The molecule has 1 rings (SSSR count). The van der Waals surface area contributed by atoms with Crippen LogP contribution in [0.25, 0.3) is 0 Å². The minimum absolute atomic E-state index is 0. The van der Waals surface area contributed by atoms with Gasteiger partial charge in [0.1, 0.15) is 11.5 Å². The topological polar surface area (TPSA) is 55.5 Å². The summed E-state index contributed by atoms with van der Waals surface area (Å²) in [6, 6.07) is 3.25. The lowest BCUT2D eigenvalue weighted by Crippen LogP contribution is -2.17. The van der Waals surface area contributed by atoms with Gasteiger partial charge in [-0.3, -0.25) is 0 Å². The van der Waals surface area contributed by atoms with E-state index in [1.165, 1.54) is 6.07 Å². The minimum atomic E-state index is -4.76. The van der Waals surface area contributed by atoms with Crippen LogP contribution in [0.2, 0.25) is 0 Å². The number of phenols is 1. The second kappa shape index (κ2) is 5.09. The average Bonchev–Trinajstić information content (AvgIpc) is 1.99. The average molecular weight is 244 g/mol. The molecule has 1 aromatic rings. The van der Waals surface area contributed by atoms with Crippen LogP contribution in [-0.2, 0) is 6.54 Å². The summed E-state index contributed by atoms with van der Waals surface area (Å²) in [5.74, 6) is -0.787. The molecule has 0 fully saturated rings. The summed E-state index contributed by atoms with van der Waals surface area (Å²) in [6.07, 6.45) is -4.76. The Balaban J connectivity index is 0.00000196. The van der Waals surface area contributed by atoms with E-state index in [0.717, 1.165) is 12.1 Å². The van der Waals surface area contributed by atoms with Crippen LogP contribution in [0.15, 0.2) is 18.2 Å². The fourth-order valence-corrected chi connectivity index (χ4v) is 0.954. The second-order valence-electron chi connectivity index (χ2n) is 2.59. The molecule has 15 heavy (non-hydrogen) atoms. The minimum Gasteiger partial charge on any atom is -0.508 e. The number of halogens is 4. The van der Waals surface area contributed by atoms with Crippen molar-refractivity contribution in [3.8, 4) is 11.5 Å². The first-order chi connectivity index (χ1) is 6.40. The Kier molecular flexibility index (Phi) is 4.70. The highest BCUT2D eigenvalue weighted by atomic mass is 35.5. The molecule has 3 N–H and O–H groups in total. The molecule has 0 radical (unpaired) electrons. The predicted octanol–water partition coefficient (Wildman–Crippen LogP) is 2.17. The third kappa shape index (κ3) is 4.75. The fraction of sp³-hybridized carbons (Fsp3) is 0.250. The van der Waals surface area contributed by atoms with E-state index < -0.39 is 12.1 Å². The molecule has 86 valence electrons. The van der Waals surface area contributed by atoms with Gasteiger partial charge in [-0.25, -0.2) is 0 Å². The largest absolute Gasteiger partial charge is 0.573 e. The van der Waals surface area contributed by atoms with Gasteiger partial charge in [0.2, 0.25) is 0 Å². The molecule has 0 aliphatic carbocycles. The van der Waals surface area contributed by atoms with Crippen molar-refractivity contribution in [2.24, 2.45) is 5.73 Å². The Morgan fingerprint density at radius 3 is 2.33 bits per heavy atom. The van der Waals surface area contributed by atoms with Gasteiger partial charge in [0.25, 0.3) is 0 Å². The van der Waals surface area contributed by atoms with Crippen LogP contribution in [-0.4, -0.2) is 11.5 Å². The molecule has 0 aliphatic rings. The van der Waals surface area contributed by atoms with Crippen molar-refractivity contribution in [3.05, 3.63) is 23.8 Å². The summed E-state index contributed by atoms with van der Waals surface area (Å²) >= 11 is 0. The molecule has 0 aliphatic heterocycles. The van der Waals surface area contributed by atoms with Gasteiger partial charge >= 0.3 is 6.36 Å². The summed E-state index contributed by atoms with van der Waals surface area (Å²) in [4.78, 5) is 0. The SMILES string of the molecule is Cl.NCc1cc(O)cc(OC(F)(F)F)c1. The lowest BCUT2D eigenvalue weighted by atomic mass is 10.2. The van der Waals surface area contributed by atoms with E-state index in [0.29, 0.717) is 5.56 Å². The molecule has 7 heteroatoms. The van der Waals surface area contributed by atoms with Gasteiger partial charge in [-0.05, 0) is 17.7 Å². The van der Waals surface area contributed by atoms with E-state index in [1.54, 1.807) is 0 Å². The van der Waals surface area contributed by atoms with Gasteiger partial charge in [-0.2, -0.15) is 0 Å². The Hall–Kier alpha value is -1.14. The third-order valence-electron chi connectivity index (χ3n) is 1.42. The number of ether oxygens (including phenoxy) is 1. The highest BCUT2D eigenvalue weighted by molar-refractivity contribution is 5.85. The number of alkyl halides is 3. The number of rotatable bonds is 2. The van der Waals surface area contributed by atoms with Gasteiger partial charge in [-0.15, -0.1) is 25.6 Å². The van der Waals surface area contributed by atoms with Crippen molar-refractivity contribution in [1.29, 1.82) is 0 Å². The molecule has 0 saturated carbocycles. The van der Waals surface area contributed by atoms with Crippen molar-refractivity contribution in [2.45, 2.75) is 12.9 Å². The van der Waals surface area contributed by atoms with E-state index in [2.05, 4.69) is 4.74 Å². The van der Waals surface area contributed by atoms with E-state index in [4.69, 9.17) is 10.8 Å². The first-order valence-corrected chi connectivity index (χ1v) is 3.69. The third-order valence-corrected chi connectivity index (χ3v) is 1.42. The fourth-order valence-electron chi connectivity index (χ4n) is 0.954. The van der Waals surface area contributed by atoms with Crippen LogP contribution in [0.1, 0.15) is 5.56 Å². The number of hydrogen-bond acceptors (Lipinski definition) is 3. The molecular formula is C8H9ClF3NO2. The van der Waals surface area contributed by atoms with Crippen LogP contribution >= 0.6 is 12.4 Å². The zero-order chi connectivity index (χ0) is 10.8. The molecule has 0 unspecified atom stereocenters. The number of benzene rings is 1. The number of aromatic hydroxyl groups is 1. The molecule has 0 saturated heterocycles. The molecule has 0 aromatic heterocycles. The molecule has 0 heterocycles. The maximum Gasteiger partial charge on any atom is 0.573 e. The summed E-state index contributed by atoms with van der Waals surface area (Å²) in [5.41, 5.74) is 5.57. The Labute approximate surface area is 90.1 Å². The van der Waals surface area contributed by atoms with Crippen LogP contribution in [0.4, 0.5) is 13.2 Å². The van der Waals surface area contributed by atoms with E-state index in [-0.39, 0.29) is 24.7 Å². The lowest BCUT2D eigenvalue weighted by molar-refractivity contribution is -0.274. The van der Waals surface area contributed by atoms with Gasteiger partial charge in [0.05, 0.1) is 0 Å². The normalized spacial score (nSPS) is 10.7. The molecule has 0 spiro atoms. The maximum atomic E-state index is 11.8. The summed E-state index contributed by atoms with van der Waals surface area (Å²) in [6.45, 7) is 0.0304. The Morgan fingerprint density at radius 1 is 1.27 bits per heavy atom. The Morgan fingerprint density at radius 2 is 1.87 bits per heavy atom. The molecule has 1 aromatic carbocycles. The van der Waals surface area contributed by atoms with E-state index in [1.807, 2.05) is 0 Å². The highest BCUT2D eigenvalue weighted by Crippen LogP contribution is 2.27. The second-order valence-corrected chi connectivity index (χ2v) is 2.59. The number of nitrogens with two attached hydrogens (primary N) is 1. The van der Waals surface area contributed by atoms with Gasteiger partial charge in [-0.1, -0.05) is 0 Å². The monoisotopic (exact) mass is 243 g/mol. The van der Waals surface area contributed by atoms with Gasteiger partial charge in [0.15, 0.2) is 0 Å². The van der Waals surface area contributed by atoms with Crippen molar-refractivity contribution in [3.63, 3.8) is 0 Å². The van der Waals surface area contributed by atoms with Crippen molar-refractivity contribution >= 4 is 12.4 Å². The molecule has 0 amide bonds. The molecular weight excluding hydrogens is 235 g/mol. The zero-order valence-corrected chi connectivity index (χ0v) is 8.23. The molecule has 0 atom stereocenters. The summed E-state index contributed by atoms with van der Waals surface area (Å²) in [7, 11) is 0. The standard InChI is InChI=1S/C8H8F3NO2.ClH/c9-8(10,11)14-7-2-5(4-12)1-6(13)3-7;/h1-3,13H,4,12H2;1H. The van der Waals surface area contributed by atoms with Crippen LogP contribution in [0.3, 0.4) is 0 Å². The smallest absolute Gasteiger partial charge is 0.508 e. The predicted molar refractivity (Wildman–Crippen MR) is 49.9 cm³/mol. The number of phenolic OH excluding ortho intramolecular Hbond substituents is 1. The van der Waals surface area contributed by atoms with Crippen molar-refractivity contribution in [2.75, 3.05) is 0 Å². The van der Waals surface area contributed by atoms with E-state index >= 15 is 0 Å². The number of hydrogen-bond donors (Lipinski definition) is 2. The summed E-state index contributed by atoms with van der Waals surface area (Å²) in [5, 5.41) is 9.02. The molecule has 3 nitrogen and oxygen atoms in total.